The van der Waals surface area contributed by atoms with Crippen molar-refractivity contribution < 1.29 is 23.8 Å². The molecule has 1 aromatic heterocycles. The van der Waals surface area contributed by atoms with Gasteiger partial charge in [-0.15, -0.1) is 0 Å². The summed E-state index contributed by atoms with van der Waals surface area (Å²) in [4.78, 5) is 29.1. The molecule has 1 unspecified atom stereocenters. The molecule has 1 amide bonds. The molecule has 0 aliphatic carbocycles. The standard InChI is InChI=1S/C21H23ClN2O5/c1-13-3-5-14(6-4-13)18(21(26)27-2)24-19(25)15-11-17(22)20(23-12-15)29-16-7-9-28-10-8-16/h3-6,11-12,16,18H,7-10H2,1-2H3,(H,24,25). The Morgan fingerprint density at radius 1 is 1.24 bits per heavy atom. The number of nitrogens with one attached hydrogen (secondary N) is 1. The van der Waals surface area contributed by atoms with Gasteiger partial charge in [-0.2, -0.15) is 0 Å². The second-order valence-corrected chi connectivity index (χ2v) is 7.19. The zero-order chi connectivity index (χ0) is 20.8. The first-order valence-corrected chi connectivity index (χ1v) is 9.71. The number of rotatable bonds is 6. The molecule has 3 rings (SSSR count). The summed E-state index contributed by atoms with van der Waals surface area (Å²) >= 11 is 6.26. The maximum Gasteiger partial charge on any atom is 0.333 e. The van der Waals surface area contributed by atoms with Gasteiger partial charge in [0.2, 0.25) is 5.88 Å². The number of carbonyl (C=O) groups is 2. The lowest BCUT2D eigenvalue weighted by Crippen LogP contribution is -2.34. The molecule has 7 nitrogen and oxygen atoms in total. The third-order valence-electron chi connectivity index (χ3n) is 4.64. The summed E-state index contributed by atoms with van der Waals surface area (Å²) in [5, 5.41) is 2.91. The van der Waals surface area contributed by atoms with Gasteiger partial charge in [0.25, 0.3) is 5.91 Å². The number of aromatic nitrogens is 1. The van der Waals surface area contributed by atoms with E-state index in [1.165, 1.54) is 19.4 Å². The molecule has 0 radical (unpaired) electrons. The first-order chi connectivity index (χ1) is 14.0. The van der Waals surface area contributed by atoms with E-state index in [0.29, 0.717) is 18.8 Å². The lowest BCUT2D eigenvalue weighted by Gasteiger charge is -2.23. The molecule has 0 saturated carbocycles. The number of hydrogen-bond acceptors (Lipinski definition) is 6. The maximum absolute atomic E-state index is 12.7. The molecule has 154 valence electrons. The summed E-state index contributed by atoms with van der Waals surface area (Å²) in [6, 6.07) is 7.80. The normalized spacial score (nSPS) is 15.4. The molecule has 0 spiro atoms. The number of carbonyl (C=O) groups excluding carboxylic acids is 2. The Labute approximate surface area is 174 Å². The lowest BCUT2D eigenvalue weighted by atomic mass is 10.0. The van der Waals surface area contributed by atoms with Crippen LogP contribution in [0.3, 0.4) is 0 Å². The van der Waals surface area contributed by atoms with Crippen molar-refractivity contribution in [3.05, 3.63) is 58.2 Å². The van der Waals surface area contributed by atoms with E-state index in [1.54, 1.807) is 12.1 Å². The average Bonchev–Trinajstić information content (AvgIpc) is 2.74. The number of nitrogens with zero attached hydrogens (tertiary/aromatic N) is 1. The Kier molecular flexibility index (Phi) is 7.06. The molecular weight excluding hydrogens is 396 g/mol. The van der Waals surface area contributed by atoms with Gasteiger partial charge >= 0.3 is 5.97 Å². The number of amides is 1. The minimum atomic E-state index is -0.940. The zero-order valence-electron chi connectivity index (χ0n) is 16.3. The molecule has 1 aromatic carbocycles. The Balaban J connectivity index is 1.73. The summed E-state index contributed by atoms with van der Waals surface area (Å²) in [7, 11) is 1.27. The van der Waals surface area contributed by atoms with Gasteiger partial charge in [-0.1, -0.05) is 41.4 Å². The van der Waals surface area contributed by atoms with Crippen molar-refractivity contribution in [1.82, 2.24) is 10.3 Å². The molecule has 1 aliphatic rings. The molecule has 1 N–H and O–H groups in total. The van der Waals surface area contributed by atoms with Crippen LogP contribution in [0.5, 0.6) is 5.88 Å². The van der Waals surface area contributed by atoms with E-state index in [2.05, 4.69) is 10.3 Å². The van der Waals surface area contributed by atoms with Gasteiger partial charge in [-0.25, -0.2) is 9.78 Å². The van der Waals surface area contributed by atoms with Crippen molar-refractivity contribution in [2.75, 3.05) is 20.3 Å². The van der Waals surface area contributed by atoms with Crippen LogP contribution in [0, 0.1) is 6.92 Å². The number of methoxy groups -OCH3 is 1. The highest BCUT2D eigenvalue weighted by molar-refractivity contribution is 6.32. The fourth-order valence-electron chi connectivity index (χ4n) is 2.96. The van der Waals surface area contributed by atoms with Gasteiger partial charge in [-0.3, -0.25) is 4.79 Å². The van der Waals surface area contributed by atoms with E-state index < -0.39 is 17.9 Å². The van der Waals surface area contributed by atoms with Crippen LogP contribution in [-0.2, 0) is 14.3 Å². The van der Waals surface area contributed by atoms with Gasteiger partial charge in [0, 0.05) is 19.0 Å². The number of aryl methyl sites for hydroxylation is 1. The number of benzene rings is 1. The molecule has 0 bridgehead atoms. The third kappa shape index (κ3) is 5.46. The predicted molar refractivity (Wildman–Crippen MR) is 107 cm³/mol. The summed E-state index contributed by atoms with van der Waals surface area (Å²) in [6.45, 7) is 3.21. The Morgan fingerprint density at radius 3 is 2.55 bits per heavy atom. The van der Waals surface area contributed by atoms with Crippen molar-refractivity contribution in [3.8, 4) is 5.88 Å². The smallest absolute Gasteiger partial charge is 0.333 e. The highest BCUT2D eigenvalue weighted by Gasteiger charge is 2.25. The lowest BCUT2D eigenvalue weighted by molar-refractivity contribution is -0.143. The molecular formula is C21H23ClN2O5. The Morgan fingerprint density at radius 2 is 1.93 bits per heavy atom. The Bertz CT molecular complexity index is 866. The highest BCUT2D eigenvalue weighted by Crippen LogP contribution is 2.26. The number of esters is 1. The average molecular weight is 419 g/mol. The fourth-order valence-corrected chi connectivity index (χ4v) is 3.17. The molecule has 1 fully saturated rings. The van der Waals surface area contributed by atoms with Gasteiger partial charge in [-0.05, 0) is 18.6 Å². The molecule has 1 saturated heterocycles. The van der Waals surface area contributed by atoms with E-state index in [9.17, 15) is 9.59 Å². The monoisotopic (exact) mass is 418 g/mol. The summed E-state index contributed by atoms with van der Waals surface area (Å²) < 4.78 is 15.9. The van der Waals surface area contributed by atoms with Crippen molar-refractivity contribution in [2.24, 2.45) is 0 Å². The number of hydrogen-bond donors (Lipinski definition) is 1. The van der Waals surface area contributed by atoms with E-state index in [0.717, 1.165) is 18.4 Å². The van der Waals surface area contributed by atoms with Gasteiger partial charge < -0.3 is 19.5 Å². The quantitative estimate of drug-likeness (QED) is 0.724. The third-order valence-corrected chi connectivity index (χ3v) is 4.91. The summed E-state index contributed by atoms with van der Waals surface area (Å²) in [5.74, 6) is -0.785. The van der Waals surface area contributed by atoms with Crippen molar-refractivity contribution >= 4 is 23.5 Å². The Hall–Kier alpha value is -2.64. The molecule has 1 aliphatic heterocycles. The SMILES string of the molecule is COC(=O)C(NC(=O)c1cnc(OC2CCOCC2)c(Cl)c1)c1ccc(C)cc1. The number of halogens is 1. The molecule has 2 heterocycles. The number of ether oxygens (including phenoxy) is 3. The first-order valence-electron chi connectivity index (χ1n) is 9.33. The molecule has 8 heteroatoms. The van der Waals surface area contributed by atoms with E-state index in [-0.39, 0.29) is 22.6 Å². The highest BCUT2D eigenvalue weighted by atomic mass is 35.5. The molecule has 2 aromatic rings. The second-order valence-electron chi connectivity index (χ2n) is 6.78. The largest absolute Gasteiger partial charge is 0.473 e. The minimum absolute atomic E-state index is 0.0151. The minimum Gasteiger partial charge on any atom is -0.473 e. The summed E-state index contributed by atoms with van der Waals surface area (Å²) in [5.41, 5.74) is 1.88. The fraction of sp³-hybridized carbons (Fsp3) is 0.381. The van der Waals surface area contributed by atoms with Gasteiger partial charge in [0.15, 0.2) is 6.04 Å². The van der Waals surface area contributed by atoms with E-state index in [4.69, 9.17) is 25.8 Å². The van der Waals surface area contributed by atoms with E-state index >= 15 is 0 Å². The number of pyridine rings is 1. The van der Waals surface area contributed by atoms with Crippen molar-refractivity contribution in [1.29, 1.82) is 0 Å². The van der Waals surface area contributed by atoms with Crippen LogP contribution in [0.1, 0.15) is 40.4 Å². The van der Waals surface area contributed by atoms with Crippen LogP contribution < -0.4 is 10.1 Å². The van der Waals surface area contributed by atoms with E-state index in [1.807, 2.05) is 19.1 Å². The first kappa shape index (κ1) is 21.1. The molecule has 29 heavy (non-hydrogen) atoms. The van der Waals surface area contributed by atoms with Crippen LogP contribution in [0.15, 0.2) is 36.5 Å². The summed E-state index contributed by atoms with van der Waals surface area (Å²) in [6.07, 6.45) is 2.88. The van der Waals surface area contributed by atoms with Crippen LogP contribution in [0.2, 0.25) is 5.02 Å². The molecule has 1 atom stereocenters. The van der Waals surface area contributed by atoms with Crippen LogP contribution >= 0.6 is 11.6 Å². The van der Waals surface area contributed by atoms with Crippen LogP contribution in [-0.4, -0.2) is 43.3 Å². The topological polar surface area (TPSA) is 86.8 Å². The van der Waals surface area contributed by atoms with Crippen LogP contribution in [0.25, 0.3) is 0 Å². The van der Waals surface area contributed by atoms with Crippen LogP contribution in [0.4, 0.5) is 0 Å². The predicted octanol–water partition coefficient (Wildman–Crippen LogP) is 3.25. The van der Waals surface area contributed by atoms with Gasteiger partial charge in [0.1, 0.15) is 11.1 Å². The van der Waals surface area contributed by atoms with Crippen molar-refractivity contribution in [3.63, 3.8) is 0 Å². The van der Waals surface area contributed by atoms with Crippen molar-refractivity contribution in [2.45, 2.75) is 31.9 Å². The maximum atomic E-state index is 12.7. The zero-order valence-corrected chi connectivity index (χ0v) is 17.1. The second kappa shape index (κ2) is 9.71. The van der Waals surface area contributed by atoms with Gasteiger partial charge in [0.05, 0.1) is 25.9 Å².